The molecule has 1 aromatic heterocycles. The topological polar surface area (TPSA) is 85.5 Å². The van der Waals surface area contributed by atoms with Gasteiger partial charge in [0.1, 0.15) is 5.75 Å². The van der Waals surface area contributed by atoms with Crippen molar-refractivity contribution in [2.24, 2.45) is 0 Å². The Morgan fingerprint density at radius 1 is 1.15 bits per heavy atom. The largest absolute Gasteiger partial charge is 0.495 e. The fraction of sp³-hybridized carbons (Fsp3) is 0.176. The van der Waals surface area contributed by atoms with E-state index in [-0.39, 0.29) is 22.4 Å². The van der Waals surface area contributed by atoms with Crippen molar-refractivity contribution in [2.45, 2.75) is 11.4 Å². The first-order valence-electron chi connectivity index (χ1n) is 7.69. The molecular formula is C17H15Cl2N3O4S. The van der Waals surface area contributed by atoms with Crippen molar-refractivity contribution in [3.05, 3.63) is 58.4 Å². The smallest absolute Gasteiger partial charge is 0.243 e. The van der Waals surface area contributed by atoms with Crippen LogP contribution in [0.3, 0.4) is 0 Å². The number of nitrogens with zero attached hydrogens (tertiary/aromatic N) is 3. The Morgan fingerprint density at radius 3 is 2.48 bits per heavy atom. The number of benzene rings is 2. The number of sulfonamides is 1. The summed E-state index contributed by atoms with van der Waals surface area (Å²) in [4.78, 5) is 4.26. The molecule has 0 amide bonds. The molecule has 1 heterocycles. The van der Waals surface area contributed by atoms with Crippen LogP contribution >= 0.6 is 23.2 Å². The molecule has 0 unspecified atom stereocenters. The van der Waals surface area contributed by atoms with E-state index in [0.29, 0.717) is 22.2 Å². The van der Waals surface area contributed by atoms with Gasteiger partial charge in [0.15, 0.2) is 0 Å². The molecule has 3 aromatic rings. The summed E-state index contributed by atoms with van der Waals surface area (Å²) < 4.78 is 36.8. The van der Waals surface area contributed by atoms with Gasteiger partial charge in [0.2, 0.25) is 21.7 Å². The van der Waals surface area contributed by atoms with E-state index in [9.17, 15) is 8.42 Å². The van der Waals surface area contributed by atoms with Crippen molar-refractivity contribution in [3.63, 3.8) is 0 Å². The number of hydrogen-bond acceptors (Lipinski definition) is 6. The van der Waals surface area contributed by atoms with Gasteiger partial charge in [-0.25, -0.2) is 8.42 Å². The molecule has 0 aliphatic heterocycles. The molecule has 0 saturated carbocycles. The molecule has 0 radical (unpaired) electrons. The average Bonchev–Trinajstić information content (AvgIpc) is 3.10. The summed E-state index contributed by atoms with van der Waals surface area (Å²) >= 11 is 11.9. The lowest BCUT2D eigenvalue weighted by atomic mass is 10.2. The van der Waals surface area contributed by atoms with Gasteiger partial charge in [-0.2, -0.15) is 9.29 Å². The van der Waals surface area contributed by atoms with Gasteiger partial charge in [-0.15, -0.1) is 0 Å². The molecule has 27 heavy (non-hydrogen) atoms. The zero-order valence-electron chi connectivity index (χ0n) is 14.4. The minimum atomic E-state index is -3.80. The summed E-state index contributed by atoms with van der Waals surface area (Å²) in [5.74, 6) is 0.897. The second kappa shape index (κ2) is 7.85. The molecule has 10 heteroatoms. The van der Waals surface area contributed by atoms with Crippen LogP contribution in [-0.4, -0.2) is 37.0 Å². The van der Waals surface area contributed by atoms with Gasteiger partial charge in [0.25, 0.3) is 0 Å². The minimum Gasteiger partial charge on any atom is -0.495 e. The first-order valence-corrected chi connectivity index (χ1v) is 9.89. The highest BCUT2D eigenvalue weighted by Gasteiger charge is 2.24. The van der Waals surface area contributed by atoms with Crippen LogP contribution in [0.5, 0.6) is 5.75 Å². The number of hydrogen-bond donors (Lipinski definition) is 0. The lowest BCUT2D eigenvalue weighted by Crippen LogP contribution is -2.26. The van der Waals surface area contributed by atoms with Gasteiger partial charge in [-0.1, -0.05) is 28.4 Å². The van der Waals surface area contributed by atoms with E-state index in [2.05, 4.69) is 10.1 Å². The van der Waals surface area contributed by atoms with Crippen molar-refractivity contribution < 1.29 is 17.7 Å². The summed E-state index contributed by atoms with van der Waals surface area (Å²) in [7, 11) is -0.928. The van der Waals surface area contributed by atoms with Crippen LogP contribution in [0.1, 0.15) is 5.89 Å². The average molecular weight is 428 g/mol. The van der Waals surface area contributed by atoms with Gasteiger partial charge >= 0.3 is 0 Å². The Bertz CT molecular complexity index is 1050. The molecule has 142 valence electrons. The van der Waals surface area contributed by atoms with Crippen LogP contribution in [0, 0.1) is 0 Å². The maximum absolute atomic E-state index is 12.7. The molecule has 0 aliphatic rings. The highest BCUT2D eigenvalue weighted by atomic mass is 35.5. The molecule has 7 nitrogen and oxygen atoms in total. The fourth-order valence-electron chi connectivity index (χ4n) is 2.30. The molecule has 0 aliphatic carbocycles. The maximum atomic E-state index is 12.7. The number of aromatic nitrogens is 2. The van der Waals surface area contributed by atoms with Gasteiger partial charge in [-0.05, 0) is 42.5 Å². The fourth-order valence-corrected chi connectivity index (χ4v) is 3.89. The summed E-state index contributed by atoms with van der Waals surface area (Å²) in [6.07, 6.45) is 0. The molecule has 0 bridgehead atoms. The highest BCUT2D eigenvalue weighted by Crippen LogP contribution is 2.28. The first-order chi connectivity index (χ1) is 12.8. The van der Waals surface area contributed by atoms with Crippen LogP contribution in [0.15, 0.2) is 51.9 Å². The normalized spacial score (nSPS) is 11.7. The van der Waals surface area contributed by atoms with Crippen LogP contribution in [0.4, 0.5) is 0 Å². The Hall–Kier alpha value is -2.13. The van der Waals surface area contributed by atoms with Gasteiger partial charge in [0.05, 0.1) is 23.6 Å². The first kappa shape index (κ1) is 19.6. The van der Waals surface area contributed by atoms with E-state index >= 15 is 0 Å². The quantitative estimate of drug-likeness (QED) is 0.593. The Kier molecular flexibility index (Phi) is 5.71. The molecule has 0 N–H and O–H groups in total. The monoisotopic (exact) mass is 427 g/mol. The van der Waals surface area contributed by atoms with Crippen molar-refractivity contribution >= 4 is 33.2 Å². The third-order valence-electron chi connectivity index (χ3n) is 3.76. The van der Waals surface area contributed by atoms with Crippen molar-refractivity contribution in [2.75, 3.05) is 14.2 Å². The third kappa shape index (κ3) is 4.24. The second-order valence-electron chi connectivity index (χ2n) is 5.58. The summed E-state index contributed by atoms with van der Waals surface area (Å²) in [5, 5.41) is 4.67. The van der Waals surface area contributed by atoms with Crippen molar-refractivity contribution in [1.82, 2.24) is 14.4 Å². The molecule has 0 fully saturated rings. The van der Waals surface area contributed by atoms with Gasteiger partial charge in [0, 0.05) is 17.6 Å². The Labute approximate surface area is 166 Å². The molecule has 2 aromatic carbocycles. The molecule has 0 atom stereocenters. The van der Waals surface area contributed by atoms with Crippen LogP contribution < -0.4 is 4.74 Å². The lowest BCUT2D eigenvalue weighted by Gasteiger charge is -2.15. The van der Waals surface area contributed by atoms with Gasteiger partial charge in [-0.3, -0.25) is 0 Å². The van der Waals surface area contributed by atoms with Crippen molar-refractivity contribution in [3.8, 4) is 17.1 Å². The van der Waals surface area contributed by atoms with E-state index < -0.39 is 10.0 Å². The highest BCUT2D eigenvalue weighted by molar-refractivity contribution is 7.89. The van der Waals surface area contributed by atoms with Crippen LogP contribution in [0.25, 0.3) is 11.4 Å². The second-order valence-corrected chi connectivity index (χ2v) is 8.46. The van der Waals surface area contributed by atoms with E-state index in [1.54, 1.807) is 24.3 Å². The predicted molar refractivity (Wildman–Crippen MR) is 101 cm³/mol. The van der Waals surface area contributed by atoms with E-state index in [1.165, 1.54) is 32.4 Å². The van der Waals surface area contributed by atoms with E-state index in [4.69, 9.17) is 32.5 Å². The third-order valence-corrected chi connectivity index (χ3v) is 6.11. The summed E-state index contributed by atoms with van der Waals surface area (Å²) in [6.45, 7) is -0.0907. The van der Waals surface area contributed by atoms with Crippen LogP contribution in [0.2, 0.25) is 10.0 Å². The molecule has 0 saturated heterocycles. The Morgan fingerprint density at radius 2 is 1.85 bits per heavy atom. The van der Waals surface area contributed by atoms with Crippen molar-refractivity contribution in [1.29, 1.82) is 0 Å². The van der Waals surface area contributed by atoms with E-state index in [0.717, 1.165) is 4.31 Å². The molecule has 3 rings (SSSR count). The number of ether oxygens (including phenoxy) is 1. The standard InChI is InChI=1S/C17H15Cl2N3O4S/c1-22(27(23,24)13-7-8-15(25-2)14(19)9-13)10-16-20-17(21-26-16)11-3-5-12(18)6-4-11/h3-9H,10H2,1-2H3. The number of rotatable bonds is 6. The zero-order valence-corrected chi connectivity index (χ0v) is 16.7. The van der Waals surface area contributed by atoms with E-state index in [1.807, 2.05) is 0 Å². The predicted octanol–water partition coefficient (Wildman–Crippen LogP) is 3.87. The maximum Gasteiger partial charge on any atom is 0.243 e. The summed E-state index contributed by atoms with van der Waals surface area (Å²) in [5.41, 5.74) is 0.710. The van der Waals surface area contributed by atoms with Gasteiger partial charge < -0.3 is 9.26 Å². The number of halogens is 2. The SMILES string of the molecule is COc1ccc(S(=O)(=O)N(C)Cc2nc(-c3ccc(Cl)cc3)no2)cc1Cl. The Balaban J connectivity index is 1.79. The zero-order chi connectivity index (χ0) is 19.6. The molecule has 0 spiro atoms. The minimum absolute atomic E-state index is 0.0354. The summed E-state index contributed by atoms with van der Waals surface area (Å²) in [6, 6.07) is 11.2. The lowest BCUT2D eigenvalue weighted by molar-refractivity contribution is 0.336. The molecular weight excluding hydrogens is 413 g/mol. The number of methoxy groups -OCH3 is 1. The van der Waals surface area contributed by atoms with Crippen LogP contribution in [-0.2, 0) is 16.6 Å².